The smallest absolute Gasteiger partial charge is 0.227 e. The molecule has 0 aliphatic heterocycles. The Morgan fingerprint density at radius 3 is 2.63 bits per heavy atom. The van der Waals surface area contributed by atoms with Crippen molar-refractivity contribution in [3.63, 3.8) is 0 Å². The molecular formula is C19H31N3O3S2. The summed E-state index contributed by atoms with van der Waals surface area (Å²) >= 11 is 1.72. The van der Waals surface area contributed by atoms with Gasteiger partial charge in [-0.15, -0.1) is 11.3 Å². The fourth-order valence-corrected chi connectivity index (χ4v) is 5.84. The molecule has 8 heteroatoms. The standard InChI is InChI=1S/C19H31N3O3S2/c1-15(17-8-7-11-26-17)21(5)13-16-12-20-18(22(16)9-10-25-6)27(23,24)14-19(2,3)4/h7-8,11-12,15H,9-10,13-14H2,1-6H3. The van der Waals surface area contributed by atoms with E-state index in [2.05, 4.69) is 28.3 Å². The molecule has 0 saturated heterocycles. The Kier molecular flexibility index (Phi) is 7.24. The maximum Gasteiger partial charge on any atom is 0.227 e. The fourth-order valence-electron chi connectivity index (χ4n) is 2.96. The Bertz CT molecular complexity index is 821. The number of nitrogens with zero attached hydrogens (tertiary/aromatic N) is 3. The number of sulfone groups is 1. The Morgan fingerprint density at radius 2 is 2.07 bits per heavy atom. The molecule has 0 aromatic carbocycles. The largest absolute Gasteiger partial charge is 0.383 e. The maximum atomic E-state index is 12.9. The molecule has 0 saturated carbocycles. The molecule has 1 atom stereocenters. The van der Waals surface area contributed by atoms with E-state index in [1.165, 1.54) is 4.88 Å². The van der Waals surface area contributed by atoms with Crippen LogP contribution in [0.2, 0.25) is 0 Å². The van der Waals surface area contributed by atoms with Crippen molar-refractivity contribution in [2.75, 3.05) is 26.5 Å². The van der Waals surface area contributed by atoms with Crippen molar-refractivity contribution >= 4 is 21.2 Å². The van der Waals surface area contributed by atoms with Gasteiger partial charge >= 0.3 is 0 Å². The van der Waals surface area contributed by atoms with Crippen LogP contribution in [0.4, 0.5) is 0 Å². The summed E-state index contributed by atoms with van der Waals surface area (Å²) in [5, 5.41) is 2.21. The minimum atomic E-state index is -3.48. The maximum absolute atomic E-state index is 12.9. The molecule has 152 valence electrons. The minimum Gasteiger partial charge on any atom is -0.383 e. The van der Waals surface area contributed by atoms with Gasteiger partial charge in [0.1, 0.15) is 0 Å². The van der Waals surface area contributed by atoms with Gasteiger partial charge in [0.05, 0.1) is 24.3 Å². The molecule has 0 radical (unpaired) electrons. The summed E-state index contributed by atoms with van der Waals surface area (Å²) in [4.78, 5) is 7.77. The molecule has 2 aromatic heterocycles. The number of hydrogen-bond donors (Lipinski definition) is 0. The zero-order valence-electron chi connectivity index (χ0n) is 17.1. The summed E-state index contributed by atoms with van der Waals surface area (Å²) in [6, 6.07) is 4.41. The van der Waals surface area contributed by atoms with Crippen molar-refractivity contribution in [2.24, 2.45) is 5.41 Å². The predicted molar refractivity (Wildman–Crippen MR) is 110 cm³/mol. The van der Waals surface area contributed by atoms with E-state index in [1.54, 1.807) is 29.2 Å². The predicted octanol–water partition coefficient (Wildman–Crippen LogP) is 3.60. The van der Waals surface area contributed by atoms with Crippen molar-refractivity contribution in [3.05, 3.63) is 34.3 Å². The number of imidazole rings is 1. The number of aromatic nitrogens is 2. The van der Waals surface area contributed by atoms with E-state index in [9.17, 15) is 8.42 Å². The van der Waals surface area contributed by atoms with Gasteiger partial charge in [0.15, 0.2) is 0 Å². The van der Waals surface area contributed by atoms with Crippen LogP contribution in [0, 0.1) is 5.41 Å². The summed E-state index contributed by atoms with van der Waals surface area (Å²) in [5.74, 6) is 0.0604. The quantitative estimate of drug-likeness (QED) is 0.628. The number of hydrogen-bond acceptors (Lipinski definition) is 6. The van der Waals surface area contributed by atoms with Crippen molar-refractivity contribution < 1.29 is 13.2 Å². The average molecular weight is 414 g/mol. The van der Waals surface area contributed by atoms with Crippen molar-refractivity contribution in [1.82, 2.24) is 14.5 Å². The molecule has 6 nitrogen and oxygen atoms in total. The highest BCUT2D eigenvalue weighted by molar-refractivity contribution is 7.91. The molecule has 2 rings (SSSR count). The second-order valence-electron chi connectivity index (χ2n) is 8.10. The monoisotopic (exact) mass is 413 g/mol. The molecule has 0 aliphatic carbocycles. The zero-order chi connectivity index (χ0) is 20.2. The van der Waals surface area contributed by atoms with Crippen LogP contribution in [0.3, 0.4) is 0 Å². The fraction of sp³-hybridized carbons (Fsp3) is 0.632. The number of ether oxygens (including phenoxy) is 1. The first kappa shape index (κ1) is 22.1. The van der Waals surface area contributed by atoms with E-state index in [0.29, 0.717) is 19.7 Å². The molecule has 0 fully saturated rings. The summed E-state index contributed by atoms with van der Waals surface area (Å²) < 4.78 is 32.8. The molecular weight excluding hydrogens is 382 g/mol. The van der Waals surface area contributed by atoms with Crippen LogP contribution in [0.15, 0.2) is 28.9 Å². The lowest BCUT2D eigenvalue weighted by atomic mass is 10.0. The van der Waals surface area contributed by atoms with Gasteiger partial charge in [0.25, 0.3) is 0 Å². The second-order valence-corrected chi connectivity index (χ2v) is 11.0. The summed E-state index contributed by atoms with van der Waals surface area (Å²) in [5.41, 5.74) is 0.548. The van der Waals surface area contributed by atoms with E-state index in [4.69, 9.17) is 4.74 Å². The molecule has 1 unspecified atom stereocenters. The Labute approximate surface area is 167 Å². The molecule has 27 heavy (non-hydrogen) atoms. The van der Waals surface area contributed by atoms with Gasteiger partial charge < -0.3 is 9.30 Å². The highest BCUT2D eigenvalue weighted by Gasteiger charge is 2.29. The van der Waals surface area contributed by atoms with E-state index in [-0.39, 0.29) is 22.4 Å². The Balaban J connectivity index is 2.30. The third-order valence-corrected chi connectivity index (χ3v) is 7.52. The summed E-state index contributed by atoms with van der Waals surface area (Å²) in [6.07, 6.45) is 1.68. The van der Waals surface area contributed by atoms with Gasteiger partial charge in [-0.3, -0.25) is 4.90 Å². The molecule has 2 aromatic rings. The van der Waals surface area contributed by atoms with Gasteiger partial charge in [-0.2, -0.15) is 0 Å². The first-order chi connectivity index (χ1) is 12.5. The third-order valence-electron chi connectivity index (χ3n) is 4.35. The summed E-state index contributed by atoms with van der Waals surface area (Å²) in [6.45, 7) is 9.43. The van der Waals surface area contributed by atoms with Crippen LogP contribution < -0.4 is 0 Å². The lowest BCUT2D eigenvalue weighted by Crippen LogP contribution is -2.26. The highest BCUT2D eigenvalue weighted by atomic mass is 32.2. The number of methoxy groups -OCH3 is 1. The Morgan fingerprint density at radius 1 is 1.37 bits per heavy atom. The van der Waals surface area contributed by atoms with Crippen molar-refractivity contribution in [3.8, 4) is 0 Å². The van der Waals surface area contributed by atoms with Gasteiger partial charge in [-0.25, -0.2) is 13.4 Å². The van der Waals surface area contributed by atoms with Crippen LogP contribution in [-0.2, 0) is 27.7 Å². The molecule has 2 heterocycles. The molecule has 0 amide bonds. The minimum absolute atomic E-state index is 0.0604. The summed E-state index contributed by atoms with van der Waals surface area (Å²) in [7, 11) is 0.181. The lowest BCUT2D eigenvalue weighted by Gasteiger charge is -2.24. The SMILES string of the molecule is COCCn1c(CN(C)C(C)c2cccs2)cnc1S(=O)(=O)CC(C)(C)C. The highest BCUT2D eigenvalue weighted by Crippen LogP contribution is 2.26. The van der Waals surface area contributed by atoms with Crippen LogP contribution in [0.25, 0.3) is 0 Å². The first-order valence-electron chi connectivity index (χ1n) is 9.05. The van der Waals surface area contributed by atoms with Gasteiger partial charge in [-0.1, -0.05) is 26.8 Å². The van der Waals surface area contributed by atoms with Crippen LogP contribution in [0.5, 0.6) is 0 Å². The van der Waals surface area contributed by atoms with Crippen LogP contribution in [0.1, 0.15) is 44.3 Å². The molecule has 0 spiro atoms. The van der Waals surface area contributed by atoms with E-state index in [1.807, 2.05) is 33.9 Å². The van der Waals surface area contributed by atoms with E-state index in [0.717, 1.165) is 5.69 Å². The normalized spacial score (nSPS) is 14.0. The van der Waals surface area contributed by atoms with Crippen LogP contribution in [-0.4, -0.2) is 49.4 Å². The van der Waals surface area contributed by atoms with E-state index < -0.39 is 9.84 Å². The van der Waals surface area contributed by atoms with Gasteiger partial charge in [0, 0.05) is 31.1 Å². The van der Waals surface area contributed by atoms with E-state index >= 15 is 0 Å². The van der Waals surface area contributed by atoms with Crippen molar-refractivity contribution in [2.45, 2.75) is 52.0 Å². The average Bonchev–Trinajstić information content (AvgIpc) is 3.20. The van der Waals surface area contributed by atoms with Gasteiger partial charge in [-0.05, 0) is 30.8 Å². The van der Waals surface area contributed by atoms with Crippen LogP contribution >= 0.6 is 11.3 Å². The lowest BCUT2D eigenvalue weighted by molar-refractivity contribution is 0.180. The second kappa shape index (κ2) is 8.86. The zero-order valence-corrected chi connectivity index (χ0v) is 18.7. The van der Waals surface area contributed by atoms with Crippen molar-refractivity contribution in [1.29, 1.82) is 0 Å². The number of thiophene rings is 1. The Hall–Kier alpha value is -1.22. The third kappa shape index (κ3) is 5.88. The molecule has 0 aliphatic rings. The first-order valence-corrected chi connectivity index (χ1v) is 11.6. The number of rotatable bonds is 9. The topological polar surface area (TPSA) is 64.4 Å². The molecule has 0 N–H and O–H groups in total. The van der Waals surface area contributed by atoms with Gasteiger partial charge in [0.2, 0.25) is 15.0 Å². The molecule has 0 bridgehead atoms.